The molecule has 0 aliphatic rings. The topological polar surface area (TPSA) is 61.4 Å². The van der Waals surface area contributed by atoms with Crippen molar-refractivity contribution in [2.24, 2.45) is 4.99 Å². The average molecular weight is 545 g/mol. The van der Waals surface area contributed by atoms with Gasteiger partial charge in [-0.15, -0.1) is 0 Å². The molecule has 6 heteroatoms. The van der Waals surface area contributed by atoms with Crippen LogP contribution in [-0.4, -0.2) is 27.7 Å². The van der Waals surface area contributed by atoms with Crippen LogP contribution in [0.3, 0.4) is 0 Å². The van der Waals surface area contributed by atoms with Crippen LogP contribution in [0.4, 0.5) is 5.82 Å². The number of aromatic nitrogens is 3. The zero-order valence-electron chi connectivity index (χ0n) is 24.6. The van der Waals surface area contributed by atoms with E-state index in [0.29, 0.717) is 11.2 Å². The number of benzene rings is 3. The highest BCUT2D eigenvalue weighted by Crippen LogP contribution is 2.40. The molecule has 3 aromatic carbocycles. The Morgan fingerprint density at radius 3 is 2.37 bits per heavy atom. The zero-order chi connectivity index (χ0) is 29.3. The maximum absolute atomic E-state index is 13.9. The van der Waals surface area contributed by atoms with Gasteiger partial charge < -0.3 is 4.74 Å². The van der Waals surface area contributed by atoms with Gasteiger partial charge in [-0.05, 0) is 85.7 Å². The van der Waals surface area contributed by atoms with Crippen LogP contribution < -0.4 is 10.3 Å². The van der Waals surface area contributed by atoms with Crippen molar-refractivity contribution < 1.29 is 4.74 Å². The van der Waals surface area contributed by atoms with E-state index in [1.54, 1.807) is 17.9 Å². The molecule has 0 fully saturated rings. The molecule has 0 spiro atoms. The Morgan fingerprint density at radius 1 is 1.00 bits per heavy atom. The van der Waals surface area contributed by atoms with Crippen molar-refractivity contribution in [3.05, 3.63) is 113 Å². The molecule has 2 heterocycles. The number of aliphatic imine (C=N–C) groups is 1. The summed E-state index contributed by atoms with van der Waals surface area (Å²) in [6.07, 6.45) is 1.77. The molecule has 41 heavy (non-hydrogen) atoms. The molecule has 1 atom stereocenters. The van der Waals surface area contributed by atoms with Crippen molar-refractivity contribution in [1.29, 1.82) is 0 Å². The van der Waals surface area contributed by atoms with Crippen LogP contribution in [0.25, 0.3) is 33.3 Å². The largest absolute Gasteiger partial charge is 0.496 e. The molecule has 5 aromatic rings. The second kappa shape index (κ2) is 11.4. The Kier molecular flexibility index (Phi) is 7.75. The van der Waals surface area contributed by atoms with Crippen molar-refractivity contribution in [2.75, 3.05) is 7.11 Å². The molecule has 2 aromatic heterocycles. The van der Waals surface area contributed by atoms with E-state index in [0.717, 1.165) is 50.5 Å². The SMILES string of the molecule is C=C(C)c1c(-c2ccc(OC)c(C(C)C)c2)nn(C(C)c2cc3ccccc3c(=O)n2-c2ccccc2)c1N=CC. The van der Waals surface area contributed by atoms with Crippen LogP contribution in [0.15, 0.2) is 95.2 Å². The van der Waals surface area contributed by atoms with Crippen LogP contribution in [0.5, 0.6) is 5.75 Å². The van der Waals surface area contributed by atoms with Gasteiger partial charge in [0.05, 0.1) is 18.8 Å². The molecular weight excluding hydrogens is 508 g/mol. The summed E-state index contributed by atoms with van der Waals surface area (Å²) in [5.41, 5.74) is 6.15. The van der Waals surface area contributed by atoms with Gasteiger partial charge in [-0.3, -0.25) is 9.36 Å². The quantitative estimate of drug-likeness (QED) is 0.184. The number of allylic oxidation sites excluding steroid dienone is 1. The Hall–Kier alpha value is -4.71. The third kappa shape index (κ3) is 5.02. The van der Waals surface area contributed by atoms with Gasteiger partial charge in [-0.2, -0.15) is 5.10 Å². The minimum atomic E-state index is -0.333. The Labute approximate surface area is 241 Å². The van der Waals surface area contributed by atoms with Gasteiger partial charge in [0.1, 0.15) is 11.4 Å². The molecule has 1 unspecified atom stereocenters. The molecule has 0 saturated carbocycles. The van der Waals surface area contributed by atoms with E-state index in [1.807, 2.05) is 85.3 Å². The first-order chi connectivity index (χ1) is 19.8. The number of ether oxygens (including phenoxy) is 1. The van der Waals surface area contributed by atoms with E-state index in [2.05, 4.69) is 39.5 Å². The second-order valence-corrected chi connectivity index (χ2v) is 10.6. The molecule has 6 nitrogen and oxygen atoms in total. The maximum Gasteiger partial charge on any atom is 0.263 e. The average Bonchev–Trinajstić information content (AvgIpc) is 3.36. The molecule has 0 bridgehead atoms. The van der Waals surface area contributed by atoms with Gasteiger partial charge in [0, 0.05) is 28.4 Å². The number of nitrogens with zero attached hydrogens (tertiary/aromatic N) is 4. The summed E-state index contributed by atoms with van der Waals surface area (Å²) in [6, 6.07) is 25.4. The number of hydrogen-bond donors (Lipinski definition) is 0. The molecule has 0 aliphatic heterocycles. The standard InChI is InChI=1S/C35H36N4O2/c1-8-36-34-32(23(4)5)33(26-18-19-31(41-7)29(20-26)22(2)3)37-39(34)24(6)30-21-25-14-12-13-17-28(25)35(40)38(30)27-15-10-9-11-16-27/h8-22,24H,4H2,1-3,5-7H3. The molecule has 0 radical (unpaired) electrons. The summed E-state index contributed by atoms with van der Waals surface area (Å²) in [6.45, 7) is 14.5. The summed E-state index contributed by atoms with van der Waals surface area (Å²) in [5.74, 6) is 1.82. The third-order valence-electron chi connectivity index (χ3n) is 7.45. The van der Waals surface area contributed by atoms with E-state index < -0.39 is 0 Å². The van der Waals surface area contributed by atoms with Gasteiger partial charge in [0.25, 0.3) is 5.56 Å². The summed E-state index contributed by atoms with van der Waals surface area (Å²) in [4.78, 5) is 18.7. The molecule has 0 aliphatic carbocycles. The predicted molar refractivity (Wildman–Crippen MR) is 170 cm³/mol. The fourth-order valence-electron chi connectivity index (χ4n) is 5.42. The number of methoxy groups -OCH3 is 1. The van der Waals surface area contributed by atoms with Gasteiger partial charge in [0.15, 0.2) is 5.82 Å². The van der Waals surface area contributed by atoms with Crippen LogP contribution in [-0.2, 0) is 0 Å². The van der Waals surface area contributed by atoms with E-state index >= 15 is 0 Å². The van der Waals surface area contributed by atoms with Crippen LogP contribution >= 0.6 is 0 Å². The third-order valence-corrected chi connectivity index (χ3v) is 7.45. The van der Waals surface area contributed by atoms with Crippen molar-refractivity contribution in [2.45, 2.75) is 46.6 Å². The lowest BCUT2D eigenvalue weighted by Crippen LogP contribution is -2.25. The maximum atomic E-state index is 13.9. The summed E-state index contributed by atoms with van der Waals surface area (Å²) in [7, 11) is 1.69. The van der Waals surface area contributed by atoms with Crippen LogP contribution in [0.1, 0.15) is 63.4 Å². The lowest BCUT2D eigenvalue weighted by Gasteiger charge is -2.21. The molecule has 5 rings (SSSR count). The van der Waals surface area contributed by atoms with E-state index in [-0.39, 0.29) is 17.5 Å². The summed E-state index contributed by atoms with van der Waals surface area (Å²) in [5, 5.41) is 6.74. The predicted octanol–water partition coefficient (Wildman–Crippen LogP) is 8.35. The highest BCUT2D eigenvalue weighted by atomic mass is 16.5. The molecule has 208 valence electrons. The first kappa shape index (κ1) is 27.8. The van der Waals surface area contributed by atoms with Crippen molar-refractivity contribution in [3.63, 3.8) is 0 Å². The second-order valence-electron chi connectivity index (χ2n) is 10.6. The number of hydrogen-bond acceptors (Lipinski definition) is 4. The van der Waals surface area contributed by atoms with Crippen LogP contribution in [0.2, 0.25) is 0 Å². The highest BCUT2D eigenvalue weighted by molar-refractivity contribution is 5.85. The highest BCUT2D eigenvalue weighted by Gasteiger charge is 2.26. The van der Waals surface area contributed by atoms with E-state index in [9.17, 15) is 4.79 Å². The molecule has 0 N–H and O–H groups in total. The van der Waals surface area contributed by atoms with Gasteiger partial charge in [-0.25, -0.2) is 9.67 Å². The number of para-hydroxylation sites is 1. The van der Waals surface area contributed by atoms with Crippen molar-refractivity contribution >= 4 is 28.4 Å². The summed E-state index contributed by atoms with van der Waals surface area (Å²) < 4.78 is 9.35. The number of pyridine rings is 1. The van der Waals surface area contributed by atoms with Crippen molar-refractivity contribution in [1.82, 2.24) is 14.3 Å². The first-order valence-corrected chi connectivity index (χ1v) is 13.9. The monoisotopic (exact) mass is 544 g/mol. The van der Waals surface area contributed by atoms with Gasteiger partial charge in [-0.1, -0.05) is 56.8 Å². The lowest BCUT2D eigenvalue weighted by atomic mass is 9.96. The normalized spacial score (nSPS) is 12.4. The Morgan fingerprint density at radius 2 is 1.71 bits per heavy atom. The number of rotatable bonds is 8. The minimum absolute atomic E-state index is 0.0686. The fourth-order valence-corrected chi connectivity index (χ4v) is 5.42. The van der Waals surface area contributed by atoms with E-state index in [4.69, 9.17) is 14.8 Å². The Bertz CT molecular complexity index is 1830. The minimum Gasteiger partial charge on any atom is -0.496 e. The molecule has 0 amide bonds. The van der Waals surface area contributed by atoms with E-state index in [1.165, 1.54) is 0 Å². The summed E-state index contributed by atoms with van der Waals surface area (Å²) >= 11 is 0. The first-order valence-electron chi connectivity index (χ1n) is 13.9. The smallest absolute Gasteiger partial charge is 0.263 e. The lowest BCUT2D eigenvalue weighted by molar-refractivity contribution is 0.407. The zero-order valence-corrected chi connectivity index (χ0v) is 24.6. The molecule has 0 saturated heterocycles. The van der Waals surface area contributed by atoms with Gasteiger partial charge in [0.2, 0.25) is 0 Å². The fraction of sp³-hybridized carbons (Fsp3) is 0.229. The molecular formula is C35H36N4O2. The van der Waals surface area contributed by atoms with Gasteiger partial charge >= 0.3 is 0 Å². The van der Waals surface area contributed by atoms with Crippen molar-refractivity contribution in [3.8, 4) is 22.7 Å². The Balaban J connectivity index is 1.80. The van der Waals surface area contributed by atoms with Crippen LogP contribution in [0, 0.1) is 0 Å². The number of fused-ring (bicyclic) bond motifs is 1.